The number of hydrogen-bond acceptors (Lipinski definition) is 5. The van der Waals surface area contributed by atoms with Crippen molar-refractivity contribution in [2.45, 2.75) is 50.6 Å². The van der Waals surface area contributed by atoms with Gasteiger partial charge in [-0.15, -0.1) is 0 Å². The van der Waals surface area contributed by atoms with Crippen LogP contribution in [0.15, 0.2) is 42.5 Å². The monoisotopic (exact) mass is 460 g/mol. The molecule has 1 N–H and O–H groups in total. The number of nitrogens with zero attached hydrogens (tertiary/aromatic N) is 2. The topological polar surface area (TPSA) is 62.2 Å². The quantitative estimate of drug-likeness (QED) is 0.706. The van der Waals surface area contributed by atoms with Crippen molar-refractivity contribution in [2.75, 3.05) is 33.0 Å². The van der Waals surface area contributed by atoms with Crippen molar-refractivity contribution in [3.63, 3.8) is 0 Å². The van der Waals surface area contributed by atoms with E-state index in [0.717, 1.165) is 44.3 Å². The molecule has 0 spiro atoms. The smallest absolute Gasteiger partial charge is 0.254 e. The van der Waals surface area contributed by atoms with Crippen LogP contribution in [0.5, 0.6) is 11.5 Å². The molecular formula is C28H32N2O4. The molecule has 3 aliphatic rings. The van der Waals surface area contributed by atoms with Gasteiger partial charge >= 0.3 is 0 Å². The van der Waals surface area contributed by atoms with Crippen molar-refractivity contribution < 1.29 is 19.4 Å². The molecule has 2 aromatic rings. The number of fused-ring (bicyclic) bond motifs is 2. The van der Waals surface area contributed by atoms with E-state index < -0.39 is 0 Å². The minimum atomic E-state index is 0.0212. The molecule has 3 atom stereocenters. The predicted octanol–water partition coefficient (Wildman–Crippen LogP) is 3.63. The van der Waals surface area contributed by atoms with Crippen LogP contribution in [-0.2, 0) is 0 Å². The summed E-state index contributed by atoms with van der Waals surface area (Å²) in [7, 11) is 0. The van der Waals surface area contributed by atoms with Gasteiger partial charge in [-0.1, -0.05) is 30.9 Å². The normalized spacial score (nSPS) is 23.7. The van der Waals surface area contributed by atoms with Gasteiger partial charge in [0.25, 0.3) is 5.91 Å². The van der Waals surface area contributed by atoms with E-state index in [1.807, 2.05) is 17.0 Å². The molecule has 0 saturated carbocycles. The SMILES string of the molecule is CCCC#Cc1ccc([C@H]2[C@H]3CN(C(=O)c4ccc5c(c4)OCO5)CCCCN3[C@H]2CO)cc1. The van der Waals surface area contributed by atoms with E-state index in [1.165, 1.54) is 5.56 Å². The molecule has 2 aromatic carbocycles. The van der Waals surface area contributed by atoms with E-state index in [1.54, 1.807) is 6.07 Å². The second-order valence-electron chi connectivity index (χ2n) is 9.28. The molecule has 0 unspecified atom stereocenters. The predicted molar refractivity (Wildman–Crippen MR) is 130 cm³/mol. The molecular weight excluding hydrogens is 428 g/mol. The number of hydrogen-bond donors (Lipinski definition) is 1. The molecule has 0 aliphatic carbocycles. The minimum absolute atomic E-state index is 0.0212. The van der Waals surface area contributed by atoms with Crippen LogP contribution in [-0.4, -0.2) is 65.9 Å². The highest BCUT2D eigenvalue weighted by Gasteiger charge is 2.49. The second kappa shape index (κ2) is 10.1. The van der Waals surface area contributed by atoms with Gasteiger partial charge in [0.1, 0.15) is 0 Å². The van der Waals surface area contributed by atoms with Crippen molar-refractivity contribution in [2.24, 2.45) is 0 Å². The van der Waals surface area contributed by atoms with E-state index >= 15 is 0 Å². The number of carbonyl (C=O) groups excluding carboxylic acids is 1. The zero-order chi connectivity index (χ0) is 23.5. The molecule has 0 aromatic heterocycles. The fourth-order valence-corrected chi connectivity index (χ4v) is 5.42. The first-order chi connectivity index (χ1) is 16.7. The Hall–Kier alpha value is -3.01. The second-order valence-corrected chi connectivity index (χ2v) is 9.28. The average molecular weight is 461 g/mol. The third-order valence-corrected chi connectivity index (χ3v) is 7.18. The van der Waals surface area contributed by atoms with E-state index in [9.17, 15) is 9.90 Å². The third kappa shape index (κ3) is 4.38. The summed E-state index contributed by atoms with van der Waals surface area (Å²) in [6, 6.07) is 14.1. The summed E-state index contributed by atoms with van der Waals surface area (Å²) in [5.74, 6) is 7.94. The Morgan fingerprint density at radius 3 is 2.68 bits per heavy atom. The van der Waals surface area contributed by atoms with Crippen LogP contribution in [0.1, 0.15) is 60.0 Å². The van der Waals surface area contributed by atoms with Gasteiger partial charge in [-0.3, -0.25) is 9.69 Å². The van der Waals surface area contributed by atoms with Crippen molar-refractivity contribution in [1.82, 2.24) is 9.80 Å². The van der Waals surface area contributed by atoms with Crippen molar-refractivity contribution in [3.8, 4) is 23.3 Å². The largest absolute Gasteiger partial charge is 0.454 e. The fourth-order valence-electron chi connectivity index (χ4n) is 5.42. The molecule has 6 nitrogen and oxygen atoms in total. The van der Waals surface area contributed by atoms with Crippen LogP contribution in [0.3, 0.4) is 0 Å². The lowest BCUT2D eigenvalue weighted by molar-refractivity contribution is -0.0606. The van der Waals surface area contributed by atoms with E-state index in [-0.39, 0.29) is 37.3 Å². The zero-order valence-corrected chi connectivity index (χ0v) is 19.7. The van der Waals surface area contributed by atoms with E-state index in [4.69, 9.17) is 9.47 Å². The van der Waals surface area contributed by atoms with Crippen molar-refractivity contribution in [3.05, 3.63) is 59.2 Å². The zero-order valence-electron chi connectivity index (χ0n) is 19.7. The first kappa shape index (κ1) is 22.8. The van der Waals surface area contributed by atoms with E-state index in [2.05, 4.69) is 47.9 Å². The van der Waals surface area contributed by atoms with Gasteiger partial charge in [-0.25, -0.2) is 0 Å². The van der Waals surface area contributed by atoms with Gasteiger partial charge < -0.3 is 19.5 Å². The molecule has 0 bridgehead atoms. The minimum Gasteiger partial charge on any atom is -0.454 e. The Labute approximate surface area is 201 Å². The van der Waals surface area contributed by atoms with Crippen LogP contribution in [0, 0.1) is 11.8 Å². The van der Waals surface area contributed by atoms with E-state index in [0.29, 0.717) is 23.6 Å². The summed E-state index contributed by atoms with van der Waals surface area (Å²) in [5, 5.41) is 10.2. The molecule has 6 heteroatoms. The maximum atomic E-state index is 13.5. The number of unbranched alkanes of at least 4 members (excludes halogenated alkanes) is 1. The molecule has 34 heavy (non-hydrogen) atoms. The molecule has 2 fully saturated rings. The third-order valence-electron chi connectivity index (χ3n) is 7.18. The highest BCUT2D eigenvalue weighted by molar-refractivity contribution is 5.95. The van der Waals surface area contributed by atoms with Gasteiger partial charge in [0, 0.05) is 48.6 Å². The lowest BCUT2D eigenvalue weighted by Crippen LogP contribution is -2.67. The molecule has 178 valence electrons. The van der Waals surface area contributed by atoms with Crippen LogP contribution in [0.2, 0.25) is 0 Å². The van der Waals surface area contributed by atoms with Gasteiger partial charge in [0.2, 0.25) is 6.79 Å². The van der Waals surface area contributed by atoms with Crippen LogP contribution in [0.25, 0.3) is 0 Å². The molecule has 5 rings (SSSR count). The average Bonchev–Trinajstić information content (AvgIpc) is 3.32. The summed E-state index contributed by atoms with van der Waals surface area (Å²) in [4.78, 5) is 17.8. The Kier molecular flexibility index (Phi) is 6.75. The first-order valence-electron chi connectivity index (χ1n) is 12.3. The van der Waals surface area contributed by atoms with Crippen molar-refractivity contribution >= 4 is 5.91 Å². The van der Waals surface area contributed by atoms with Crippen LogP contribution < -0.4 is 9.47 Å². The number of benzene rings is 2. The summed E-state index contributed by atoms with van der Waals surface area (Å²) in [6.07, 6.45) is 3.93. The van der Waals surface area contributed by atoms with Gasteiger partial charge in [0.15, 0.2) is 11.5 Å². The summed E-state index contributed by atoms with van der Waals surface area (Å²) in [5.41, 5.74) is 2.85. The maximum absolute atomic E-state index is 13.5. The Morgan fingerprint density at radius 2 is 1.88 bits per heavy atom. The lowest BCUT2D eigenvalue weighted by Gasteiger charge is -2.57. The van der Waals surface area contributed by atoms with Gasteiger partial charge in [-0.05, 0) is 61.7 Å². The Bertz CT molecular complexity index is 1090. The van der Waals surface area contributed by atoms with Crippen molar-refractivity contribution in [1.29, 1.82) is 0 Å². The lowest BCUT2D eigenvalue weighted by atomic mass is 9.74. The highest BCUT2D eigenvalue weighted by atomic mass is 16.7. The number of aliphatic hydroxyl groups is 1. The highest BCUT2D eigenvalue weighted by Crippen LogP contribution is 2.42. The number of ether oxygens (including phenoxy) is 2. The summed E-state index contributed by atoms with van der Waals surface area (Å²) < 4.78 is 10.9. The number of carbonyl (C=O) groups is 1. The molecule has 2 saturated heterocycles. The standard InChI is InChI=1S/C28H32N2O4/c1-2-3-4-7-20-8-10-21(11-9-20)27-23-17-29(14-5-6-15-30(23)24(27)18-31)28(32)22-12-13-25-26(16-22)34-19-33-25/h8-13,16,23-24,27,31H,2-3,5-6,14-15,17-19H2,1H3/t23-,24+,27+/m1/s1. The molecule has 3 heterocycles. The first-order valence-corrected chi connectivity index (χ1v) is 12.3. The number of aliphatic hydroxyl groups excluding tert-OH is 1. The maximum Gasteiger partial charge on any atom is 0.254 e. The van der Waals surface area contributed by atoms with Gasteiger partial charge in [-0.2, -0.15) is 0 Å². The summed E-state index contributed by atoms with van der Waals surface area (Å²) >= 11 is 0. The van der Waals surface area contributed by atoms with Gasteiger partial charge in [0.05, 0.1) is 6.61 Å². The Morgan fingerprint density at radius 1 is 1.09 bits per heavy atom. The number of amides is 1. The number of rotatable bonds is 4. The van der Waals surface area contributed by atoms with Crippen LogP contribution >= 0.6 is 0 Å². The fraction of sp³-hybridized carbons (Fsp3) is 0.464. The molecule has 3 aliphatic heterocycles. The molecule has 0 radical (unpaired) electrons. The molecule has 1 amide bonds. The van der Waals surface area contributed by atoms with Crippen LogP contribution in [0.4, 0.5) is 0 Å². The summed E-state index contributed by atoms with van der Waals surface area (Å²) in [6.45, 7) is 4.78. The Balaban J connectivity index is 1.35.